The molecular weight excluding hydrogens is 339 g/mol. The van der Waals surface area contributed by atoms with Gasteiger partial charge in [-0.2, -0.15) is 0 Å². The molecule has 132 valence electrons. The van der Waals surface area contributed by atoms with Crippen LogP contribution < -0.4 is 0 Å². The summed E-state index contributed by atoms with van der Waals surface area (Å²) in [5, 5.41) is 18.0. The highest BCUT2D eigenvalue weighted by Crippen LogP contribution is 2.15. The van der Waals surface area contributed by atoms with Gasteiger partial charge in [-0.05, 0) is 17.0 Å². The molecule has 4 nitrogen and oxygen atoms in total. The second kappa shape index (κ2) is 11.3. The SMILES string of the molecule is COC(=O)c1ccccc1C[S+](CCO)CCO.F[B-](F)(F)F. The molecular formula is C13H19BF4O4S. The molecule has 1 aromatic carbocycles. The van der Waals surface area contributed by atoms with Crippen molar-refractivity contribution in [2.24, 2.45) is 0 Å². The van der Waals surface area contributed by atoms with Crippen molar-refractivity contribution >= 4 is 24.1 Å². The molecule has 0 heterocycles. The van der Waals surface area contributed by atoms with Gasteiger partial charge in [0.25, 0.3) is 0 Å². The fourth-order valence-electron chi connectivity index (χ4n) is 1.68. The second-order valence-corrected chi connectivity index (χ2v) is 6.59. The van der Waals surface area contributed by atoms with Gasteiger partial charge in [-0.25, -0.2) is 4.79 Å². The summed E-state index contributed by atoms with van der Waals surface area (Å²) in [4.78, 5) is 11.6. The van der Waals surface area contributed by atoms with Crippen LogP contribution >= 0.6 is 0 Å². The lowest BCUT2D eigenvalue weighted by atomic mass is 10.1. The van der Waals surface area contributed by atoms with E-state index in [1.807, 2.05) is 12.1 Å². The zero-order valence-electron chi connectivity index (χ0n) is 12.6. The minimum absolute atomic E-state index is 0.101. The van der Waals surface area contributed by atoms with Crippen molar-refractivity contribution in [3.8, 4) is 0 Å². The Hall–Kier alpha value is -1.26. The van der Waals surface area contributed by atoms with Crippen LogP contribution in [0.5, 0.6) is 0 Å². The average molecular weight is 358 g/mol. The lowest BCUT2D eigenvalue weighted by molar-refractivity contribution is 0.0599. The van der Waals surface area contributed by atoms with E-state index in [0.29, 0.717) is 22.8 Å². The van der Waals surface area contributed by atoms with Gasteiger partial charge >= 0.3 is 13.2 Å². The van der Waals surface area contributed by atoms with Crippen molar-refractivity contribution in [2.75, 3.05) is 31.8 Å². The summed E-state index contributed by atoms with van der Waals surface area (Å²) in [6.45, 7) is 0.201. The zero-order valence-corrected chi connectivity index (χ0v) is 13.4. The minimum Gasteiger partial charge on any atom is -0.465 e. The molecule has 0 aromatic heterocycles. The van der Waals surface area contributed by atoms with E-state index in [4.69, 9.17) is 14.9 Å². The molecule has 2 N–H and O–H groups in total. The van der Waals surface area contributed by atoms with Gasteiger partial charge in [-0.1, -0.05) is 18.2 Å². The fraction of sp³-hybridized carbons (Fsp3) is 0.462. The maximum atomic E-state index is 11.6. The van der Waals surface area contributed by atoms with Crippen molar-refractivity contribution in [2.45, 2.75) is 5.75 Å². The summed E-state index contributed by atoms with van der Waals surface area (Å²) in [6, 6.07) is 7.30. The number of carbonyl (C=O) groups is 1. The van der Waals surface area contributed by atoms with E-state index in [1.54, 1.807) is 12.1 Å². The molecule has 1 aromatic rings. The van der Waals surface area contributed by atoms with Gasteiger partial charge in [0, 0.05) is 5.56 Å². The minimum atomic E-state index is -6.00. The van der Waals surface area contributed by atoms with E-state index in [1.165, 1.54) is 7.11 Å². The molecule has 0 radical (unpaired) electrons. The van der Waals surface area contributed by atoms with Crippen LogP contribution in [0.4, 0.5) is 17.3 Å². The summed E-state index contributed by atoms with van der Waals surface area (Å²) in [5.74, 6) is 1.64. The van der Waals surface area contributed by atoms with Crippen molar-refractivity contribution in [1.82, 2.24) is 0 Å². The average Bonchev–Trinajstić information content (AvgIpc) is 2.46. The van der Waals surface area contributed by atoms with Crippen LogP contribution in [0.2, 0.25) is 0 Å². The lowest BCUT2D eigenvalue weighted by Crippen LogP contribution is -2.21. The predicted octanol–water partition coefficient (Wildman–Crippen LogP) is 1.88. The Morgan fingerprint density at radius 1 is 1.13 bits per heavy atom. The third-order valence-corrected chi connectivity index (χ3v) is 4.78. The smallest absolute Gasteiger partial charge is 0.465 e. The number of benzene rings is 1. The first-order chi connectivity index (χ1) is 10.7. The monoisotopic (exact) mass is 358 g/mol. The van der Waals surface area contributed by atoms with Gasteiger partial charge in [0.05, 0.1) is 25.9 Å². The van der Waals surface area contributed by atoms with Gasteiger partial charge in [-0.3, -0.25) is 0 Å². The quantitative estimate of drug-likeness (QED) is 0.338. The maximum Gasteiger partial charge on any atom is 0.673 e. The third-order valence-electron chi connectivity index (χ3n) is 2.54. The van der Waals surface area contributed by atoms with Crippen molar-refractivity contribution < 1.29 is 37.0 Å². The Bertz CT molecular complexity index is 462. The normalized spacial score (nSPS) is 11.0. The van der Waals surface area contributed by atoms with Gasteiger partial charge in [0.2, 0.25) is 0 Å². The number of rotatable bonds is 7. The summed E-state index contributed by atoms with van der Waals surface area (Å²) in [6.07, 6.45) is 0. The Morgan fingerprint density at radius 3 is 2.04 bits per heavy atom. The third kappa shape index (κ3) is 11.0. The first-order valence-corrected chi connectivity index (χ1v) is 8.35. The van der Waals surface area contributed by atoms with E-state index < -0.39 is 7.25 Å². The molecule has 0 saturated heterocycles. The Balaban J connectivity index is 0.000000841. The first-order valence-electron chi connectivity index (χ1n) is 6.62. The number of aliphatic hydroxyl groups excluding tert-OH is 2. The molecule has 10 heteroatoms. The second-order valence-electron chi connectivity index (χ2n) is 4.26. The largest absolute Gasteiger partial charge is 0.673 e. The Kier molecular flexibility index (Phi) is 10.7. The molecule has 0 aliphatic carbocycles. The highest BCUT2D eigenvalue weighted by Gasteiger charge is 2.22. The summed E-state index contributed by atoms with van der Waals surface area (Å²) in [7, 11) is -4.75. The van der Waals surface area contributed by atoms with Crippen LogP contribution in [0.1, 0.15) is 15.9 Å². The van der Waals surface area contributed by atoms with E-state index in [2.05, 4.69) is 0 Å². The predicted molar refractivity (Wildman–Crippen MR) is 82.9 cm³/mol. The summed E-state index contributed by atoms with van der Waals surface area (Å²) >= 11 is 0. The van der Waals surface area contributed by atoms with E-state index >= 15 is 0 Å². The molecule has 0 aliphatic heterocycles. The number of halogens is 4. The van der Waals surface area contributed by atoms with Crippen molar-refractivity contribution in [3.63, 3.8) is 0 Å². The number of hydrogen-bond acceptors (Lipinski definition) is 4. The number of esters is 1. The highest BCUT2D eigenvalue weighted by atomic mass is 32.2. The molecule has 0 saturated carbocycles. The van der Waals surface area contributed by atoms with Crippen LogP contribution in [-0.2, 0) is 21.4 Å². The summed E-state index contributed by atoms with van der Waals surface area (Å²) in [5.41, 5.74) is 1.47. The van der Waals surface area contributed by atoms with Gasteiger partial charge < -0.3 is 32.2 Å². The van der Waals surface area contributed by atoms with E-state index in [-0.39, 0.29) is 30.1 Å². The number of ether oxygens (including phenoxy) is 1. The number of methoxy groups -OCH3 is 1. The summed E-state index contributed by atoms with van der Waals surface area (Å²) < 4.78 is 43.7. The highest BCUT2D eigenvalue weighted by molar-refractivity contribution is 7.96. The molecule has 0 atom stereocenters. The fourth-order valence-corrected chi connectivity index (χ4v) is 3.38. The maximum absolute atomic E-state index is 11.6. The molecule has 23 heavy (non-hydrogen) atoms. The zero-order chi connectivity index (χ0) is 17.9. The molecule has 1 rings (SSSR count). The van der Waals surface area contributed by atoms with Crippen LogP contribution in [0.25, 0.3) is 0 Å². The topological polar surface area (TPSA) is 66.8 Å². The van der Waals surface area contributed by atoms with Gasteiger partial charge in [-0.15, -0.1) is 0 Å². The number of hydrogen-bond donors (Lipinski definition) is 2. The lowest BCUT2D eigenvalue weighted by Gasteiger charge is -2.09. The first kappa shape index (κ1) is 21.7. The van der Waals surface area contributed by atoms with Crippen molar-refractivity contribution in [1.29, 1.82) is 0 Å². The molecule has 0 fully saturated rings. The van der Waals surface area contributed by atoms with Gasteiger partial charge in [0.15, 0.2) is 0 Å². The molecule has 0 spiro atoms. The number of carbonyl (C=O) groups excluding carboxylic acids is 1. The van der Waals surface area contributed by atoms with Gasteiger partial charge in [0.1, 0.15) is 17.3 Å². The van der Waals surface area contributed by atoms with E-state index in [9.17, 15) is 22.1 Å². The van der Waals surface area contributed by atoms with Crippen LogP contribution in [0.3, 0.4) is 0 Å². The van der Waals surface area contributed by atoms with Crippen LogP contribution in [0.15, 0.2) is 24.3 Å². The standard InChI is InChI=1S/C13H19O4S.BF4/c1-17-13(16)12-5-3-2-4-11(12)10-18(8-6-14)9-7-15;2-1(3,4)5/h2-5,14-15H,6-10H2,1H3;/q+1;-1. The molecule has 0 amide bonds. The molecule has 0 aliphatic rings. The Labute approximate surface area is 134 Å². The number of aliphatic hydroxyl groups is 2. The van der Waals surface area contributed by atoms with Crippen LogP contribution in [-0.4, -0.2) is 55.3 Å². The van der Waals surface area contributed by atoms with Crippen molar-refractivity contribution in [3.05, 3.63) is 35.4 Å². The van der Waals surface area contributed by atoms with E-state index in [0.717, 1.165) is 5.56 Å². The van der Waals surface area contributed by atoms with Crippen LogP contribution in [0, 0.1) is 0 Å². The molecule has 0 unspecified atom stereocenters. The Morgan fingerprint density at radius 2 is 1.61 bits per heavy atom. The molecule has 0 bridgehead atoms.